The Kier molecular flexibility index (Phi) is 31.4. The van der Waals surface area contributed by atoms with Gasteiger partial charge in [0.1, 0.15) is 0 Å². The van der Waals surface area contributed by atoms with Gasteiger partial charge < -0.3 is 9.64 Å². The van der Waals surface area contributed by atoms with Crippen molar-refractivity contribution in [3.8, 4) is 0 Å². The van der Waals surface area contributed by atoms with Gasteiger partial charge in [-0.2, -0.15) is 0 Å². The maximum Gasteiger partial charge on any atom is 0.330 e. The average molecular weight is 454 g/mol. The average Bonchev–Trinajstić information content (AvgIpc) is 2.78. The predicted molar refractivity (Wildman–Crippen MR) is 143 cm³/mol. The van der Waals surface area contributed by atoms with Gasteiger partial charge in [0.2, 0.25) is 0 Å². The van der Waals surface area contributed by atoms with Crippen molar-refractivity contribution >= 4 is 5.97 Å². The molecule has 0 N–H and O–H groups in total. The van der Waals surface area contributed by atoms with Crippen LogP contribution in [0.3, 0.4) is 0 Å². The molecule has 192 valence electrons. The van der Waals surface area contributed by atoms with Crippen LogP contribution in [-0.2, 0) is 9.53 Å². The number of hydrogen-bond donors (Lipinski definition) is 0. The van der Waals surface area contributed by atoms with E-state index < -0.39 is 0 Å². The Bertz CT molecular complexity index is 368. The fourth-order valence-corrected chi connectivity index (χ4v) is 3.88. The SMILES string of the molecule is C=CC(=O)OCC.CCCCCCCCCCCCCCCCCCCCCCN(C)C. The molecule has 0 atom stereocenters. The van der Waals surface area contributed by atoms with E-state index in [0.717, 1.165) is 6.08 Å². The standard InChI is InChI=1S/C24H51N.C5H8O2/c1-4-5-6-7-8-9-10-11-12-13-14-15-16-17-18-19-20-21-22-23-24-25(2)3;1-3-5(6)7-4-2/h4-24H2,1-3H3;3H,1,4H2,2H3. The maximum atomic E-state index is 10.1. The number of hydrogen-bond acceptors (Lipinski definition) is 3. The second-order valence-electron chi connectivity index (χ2n) is 9.48. The summed E-state index contributed by atoms with van der Waals surface area (Å²) in [5.74, 6) is -0.359. The van der Waals surface area contributed by atoms with Crippen molar-refractivity contribution in [3.63, 3.8) is 0 Å². The van der Waals surface area contributed by atoms with Crippen LogP contribution in [-0.4, -0.2) is 38.1 Å². The number of esters is 1. The zero-order chi connectivity index (χ0) is 24.1. The Labute approximate surface area is 202 Å². The van der Waals surface area contributed by atoms with Crippen LogP contribution in [0.25, 0.3) is 0 Å². The number of ether oxygens (including phenoxy) is 1. The Hall–Kier alpha value is -0.830. The van der Waals surface area contributed by atoms with Gasteiger partial charge in [0, 0.05) is 6.08 Å². The molecule has 0 amide bonds. The summed E-state index contributed by atoms with van der Waals surface area (Å²) in [6.07, 6.45) is 30.4. The summed E-state index contributed by atoms with van der Waals surface area (Å²) in [5, 5.41) is 0. The number of carbonyl (C=O) groups excluding carboxylic acids is 1. The van der Waals surface area contributed by atoms with Crippen LogP contribution in [0.1, 0.15) is 142 Å². The summed E-state index contributed by atoms with van der Waals surface area (Å²) in [4.78, 5) is 12.4. The molecule has 3 heteroatoms. The van der Waals surface area contributed by atoms with Gasteiger partial charge in [-0.3, -0.25) is 0 Å². The molecule has 0 spiro atoms. The van der Waals surface area contributed by atoms with E-state index in [-0.39, 0.29) is 5.97 Å². The summed E-state index contributed by atoms with van der Waals surface area (Å²) in [6.45, 7) is 8.94. The molecule has 0 radical (unpaired) electrons. The second-order valence-corrected chi connectivity index (χ2v) is 9.48. The normalized spacial score (nSPS) is 10.7. The van der Waals surface area contributed by atoms with Gasteiger partial charge >= 0.3 is 5.97 Å². The highest BCUT2D eigenvalue weighted by Crippen LogP contribution is 2.14. The number of rotatable bonds is 23. The number of nitrogens with zero attached hydrogens (tertiary/aromatic N) is 1. The third-order valence-corrected chi connectivity index (χ3v) is 5.91. The minimum atomic E-state index is -0.359. The van der Waals surface area contributed by atoms with Crippen molar-refractivity contribution in [1.29, 1.82) is 0 Å². The van der Waals surface area contributed by atoms with Crippen molar-refractivity contribution in [2.45, 2.75) is 142 Å². The van der Waals surface area contributed by atoms with Crippen LogP contribution in [0.4, 0.5) is 0 Å². The molecule has 0 aliphatic carbocycles. The van der Waals surface area contributed by atoms with Gasteiger partial charge in [-0.05, 0) is 34.0 Å². The highest BCUT2D eigenvalue weighted by atomic mass is 16.5. The van der Waals surface area contributed by atoms with E-state index in [0.29, 0.717) is 6.61 Å². The van der Waals surface area contributed by atoms with Gasteiger partial charge in [-0.15, -0.1) is 0 Å². The highest BCUT2D eigenvalue weighted by molar-refractivity contribution is 5.81. The molecule has 0 fully saturated rings. The topological polar surface area (TPSA) is 29.5 Å². The van der Waals surface area contributed by atoms with E-state index >= 15 is 0 Å². The predicted octanol–water partition coefficient (Wildman–Crippen LogP) is 9.11. The fourth-order valence-electron chi connectivity index (χ4n) is 3.88. The van der Waals surface area contributed by atoms with Gasteiger partial charge in [0.05, 0.1) is 6.61 Å². The quantitative estimate of drug-likeness (QED) is 0.0877. The van der Waals surface area contributed by atoms with Crippen molar-refractivity contribution in [1.82, 2.24) is 4.90 Å². The Morgan fingerprint density at radius 3 is 1.16 bits per heavy atom. The Balaban J connectivity index is 0. The minimum absolute atomic E-state index is 0.359. The molecular formula is C29H59NO2. The Morgan fingerprint density at radius 1 is 0.625 bits per heavy atom. The van der Waals surface area contributed by atoms with Crippen LogP contribution in [0.5, 0.6) is 0 Å². The van der Waals surface area contributed by atoms with Crippen LogP contribution in [0.2, 0.25) is 0 Å². The van der Waals surface area contributed by atoms with E-state index in [9.17, 15) is 4.79 Å². The number of unbranched alkanes of at least 4 members (excludes halogenated alkanes) is 19. The molecule has 0 aromatic heterocycles. The lowest BCUT2D eigenvalue weighted by atomic mass is 10.0. The smallest absolute Gasteiger partial charge is 0.330 e. The molecule has 0 bridgehead atoms. The van der Waals surface area contributed by atoms with Gasteiger partial charge in [0.15, 0.2) is 0 Å². The van der Waals surface area contributed by atoms with Crippen molar-refractivity contribution in [2.75, 3.05) is 27.2 Å². The molecule has 0 aliphatic heterocycles. The lowest BCUT2D eigenvalue weighted by Gasteiger charge is -2.08. The zero-order valence-electron chi connectivity index (χ0n) is 22.6. The van der Waals surface area contributed by atoms with E-state index in [4.69, 9.17) is 0 Å². The summed E-state index contributed by atoms with van der Waals surface area (Å²) in [5.41, 5.74) is 0. The van der Waals surface area contributed by atoms with Crippen LogP contribution >= 0.6 is 0 Å². The monoisotopic (exact) mass is 453 g/mol. The first-order chi connectivity index (χ1) is 15.6. The first kappa shape index (κ1) is 33.3. The fraction of sp³-hybridized carbons (Fsp3) is 0.897. The zero-order valence-corrected chi connectivity index (χ0v) is 22.6. The first-order valence-corrected chi connectivity index (χ1v) is 14.0. The van der Waals surface area contributed by atoms with Crippen molar-refractivity contribution in [3.05, 3.63) is 12.7 Å². The summed E-state index contributed by atoms with van der Waals surface area (Å²) < 4.78 is 4.43. The first-order valence-electron chi connectivity index (χ1n) is 14.0. The molecule has 3 nitrogen and oxygen atoms in total. The maximum absolute atomic E-state index is 10.1. The molecule has 0 aromatic rings. The van der Waals surface area contributed by atoms with E-state index in [1.165, 1.54) is 135 Å². The second kappa shape index (κ2) is 30.2. The molecule has 0 aromatic carbocycles. The van der Waals surface area contributed by atoms with Crippen LogP contribution in [0, 0.1) is 0 Å². The molecule has 0 saturated carbocycles. The summed E-state index contributed by atoms with van der Waals surface area (Å²) >= 11 is 0. The largest absolute Gasteiger partial charge is 0.463 e. The van der Waals surface area contributed by atoms with Crippen LogP contribution in [0.15, 0.2) is 12.7 Å². The third-order valence-electron chi connectivity index (χ3n) is 5.91. The lowest BCUT2D eigenvalue weighted by Crippen LogP contribution is -2.12. The molecule has 0 heterocycles. The summed E-state index contributed by atoms with van der Waals surface area (Å²) in [7, 11) is 4.35. The van der Waals surface area contributed by atoms with Crippen molar-refractivity contribution < 1.29 is 9.53 Å². The minimum Gasteiger partial charge on any atom is -0.463 e. The summed E-state index contributed by atoms with van der Waals surface area (Å²) in [6, 6.07) is 0. The van der Waals surface area contributed by atoms with Crippen molar-refractivity contribution in [2.24, 2.45) is 0 Å². The van der Waals surface area contributed by atoms with Gasteiger partial charge in [-0.25, -0.2) is 4.79 Å². The lowest BCUT2D eigenvalue weighted by molar-refractivity contribution is -0.137. The number of carbonyl (C=O) groups is 1. The molecule has 32 heavy (non-hydrogen) atoms. The molecule has 0 aliphatic rings. The van der Waals surface area contributed by atoms with Crippen LogP contribution < -0.4 is 0 Å². The van der Waals surface area contributed by atoms with Gasteiger partial charge in [-0.1, -0.05) is 135 Å². The molecule has 0 unspecified atom stereocenters. The molecule has 0 rings (SSSR count). The highest BCUT2D eigenvalue weighted by Gasteiger charge is 1.96. The van der Waals surface area contributed by atoms with Gasteiger partial charge in [0.25, 0.3) is 0 Å². The van der Waals surface area contributed by atoms with E-state index in [2.05, 4.69) is 37.2 Å². The molecule has 0 saturated heterocycles. The Morgan fingerprint density at radius 2 is 0.938 bits per heavy atom. The molecular weight excluding hydrogens is 394 g/mol. The third kappa shape index (κ3) is 33.8. The van der Waals surface area contributed by atoms with E-state index in [1.807, 2.05) is 0 Å². The van der Waals surface area contributed by atoms with E-state index in [1.54, 1.807) is 6.92 Å².